The molecule has 0 saturated heterocycles. The Labute approximate surface area is 111 Å². The average molecular weight is 260 g/mol. The van der Waals surface area contributed by atoms with Gasteiger partial charge in [-0.15, -0.1) is 11.3 Å². The fraction of sp³-hybridized carbons (Fsp3) is 0.286. The first-order chi connectivity index (χ1) is 8.56. The Morgan fingerprint density at radius 2 is 2.00 bits per heavy atom. The summed E-state index contributed by atoms with van der Waals surface area (Å²) in [5, 5.41) is 2.53. The van der Waals surface area contributed by atoms with Crippen molar-refractivity contribution in [3.8, 4) is 10.6 Å². The maximum atomic E-state index is 11.0. The molecule has 0 radical (unpaired) electrons. The van der Waals surface area contributed by atoms with Gasteiger partial charge < -0.3 is 5.73 Å². The molecular formula is C14H16N2OS. The number of hydrogen-bond donors (Lipinski definition) is 1. The van der Waals surface area contributed by atoms with Crippen LogP contribution in [0.15, 0.2) is 29.6 Å². The Hall–Kier alpha value is -1.68. The minimum Gasteiger partial charge on any atom is -0.364 e. The van der Waals surface area contributed by atoms with Crippen molar-refractivity contribution in [3.63, 3.8) is 0 Å². The van der Waals surface area contributed by atoms with Gasteiger partial charge in [0.15, 0.2) is 0 Å². The van der Waals surface area contributed by atoms with E-state index in [-0.39, 0.29) is 0 Å². The van der Waals surface area contributed by atoms with Gasteiger partial charge >= 0.3 is 0 Å². The number of primary amides is 1. The van der Waals surface area contributed by atoms with Gasteiger partial charge in [0, 0.05) is 10.9 Å². The van der Waals surface area contributed by atoms with Crippen molar-refractivity contribution in [2.24, 2.45) is 11.7 Å². The lowest BCUT2D eigenvalue weighted by Gasteiger charge is -2.05. The van der Waals surface area contributed by atoms with Crippen LogP contribution in [0.5, 0.6) is 0 Å². The Bertz CT molecular complexity index is 543. The van der Waals surface area contributed by atoms with Crippen molar-refractivity contribution >= 4 is 17.2 Å². The molecule has 4 heteroatoms. The molecule has 18 heavy (non-hydrogen) atoms. The molecule has 1 amide bonds. The number of nitrogens with two attached hydrogens (primary N) is 1. The van der Waals surface area contributed by atoms with E-state index in [9.17, 15) is 4.79 Å². The minimum absolute atomic E-state index is 0.334. The molecule has 0 unspecified atom stereocenters. The predicted molar refractivity (Wildman–Crippen MR) is 74.6 cm³/mol. The molecule has 0 aliphatic rings. The molecule has 0 saturated carbocycles. The van der Waals surface area contributed by atoms with Gasteiger partial charge in [0.2, 0.25) is 0 Å². The van der Waals surface area contributed by atoms with Crippen molar-refractivity contribution in [1.82, 2.24) is 4.98 Å². The zero-order valence-corrected chi connectivity index (χ0v) is 11.3. The summed E-state index contributed by atoms with van der Waals surface area (Å²) in [7, 11) is 0. The van der Waals surface area contributed by atoms with Crippen LogP contribution in [0.1, 0.15) is 29.9 Å². The number of benzene rings is 1. The van der Waals surface area contributed by atoms with Gasteiger partial charge in [0.05, 0.1) is 0 Å². The largest absolute Gasteiger partial charge is 0.364 e. The van der Waals surface area contributed by atoms with E-state index in [1.807, 2.05) is 12.1 Å². The molecule has 2 aromatic rings. The Balaban J connectivity index is 2.20. The van der Waals surface area contributed by atoms with E-state index in [0.717, 1.165) is 17.0 Å². The first kappa shape index (κ1) is 12.8. The molecule has 1 heterocycles. The summed E-state index contributed by atoms with van der Waals surface area (Å²) in [5.74, 6) is 0.172. The van der Waals surface area contributed by atoms with E-state index < -0.39 is 5.91 Å². The second-order valence-corrected chi connectivity index (χ2v) is 5.56. The Morgan fingerprint density at radius 1 is 1.33 bits per heavy atom. The maximum Gasteiger partial charge on any atom is 0.268 e. The van der Waals surface area contributed by atoms with Gasteiger partial charge in [-0.1, -0.05) is 38.1 Å². The summed E-state index contributed by atoms with van der Waals surface area (Å²) < 4.78 is 0. The zero-order chi connectivity index (χ0) is 13.1. The van der Waals surface area contributed by atoms with E-state index in [2.05, 4.69) is 31.0 Å². The van der Waals surface area contributed by atoms with Gasteiger partial charge in [-0.3, -0.25) is 4.79 Å². The Morgan fingerprint density at radius 3 is 2.50 bits per heavy atom. The van der Waals surface area contributed by atoms with Crippen LogP contribution in [-0.2, 0) is 6.42 Å². The minimum atomic E-state index is -0.478. The van der Waals surface area contributed by atoms with E-state index in [4.69, 9.17) is 5.73 Å². The summed E-state index contributed by atoms with van der Waals surface area (Å²) in [6.07, 6.45) is 1.07. The first-order valence-corrected chi connectivity index (χ1v) is 6.79. The molecular weight excluding hydrogens is 244 g/mol. The highest BCUT2D eigenvalue weighted by Crippen LogP contribution is 2.24. The molecule has 0 spiro atoms. The van der Waals surface area contributed by atoms with E-state index >= 15 is 0 Å². The lowest BCUT2D eigenvalue weighted by Crippen LogP contribution is -2.10. The van der Waals surface area contributed by atoms with Crippen molar-refractivity contribution in [2.75, 3.05) is 0 Å². The molecule has 0 aliphatic heterocycles. The monoisotopic (exact) mass is 260 g/mol. The summed E-state index contributed by atoms with van der Waals surface area (Å²) in [6, 6.07) is 8.31. The van der Waals surface area contributed by atoms with Gasteiger partial charge in [0.1, 0.15) is 10.7 Å². The standard InChI is InChI=1S/C14H16N2OS/c1-9(2)7-10-3-5-11(6-4-10)14-16-12(8-18-14)13(15)17/h3-6,8-9H,7H2,1-2H3,(H2,15,17). The van der Waals surface area contributed by atoms with Crippen molar-refractivity contribution in [3.05, 3.63) is 40.9 Å². The summed E-state index contributed by atoms with van der Waals surface area (Å²) in [6.45, 7) is 4.40. The van der Waals surface area contributed by atoms with Gasteiger partial charge in [-0.25, -0.2) is 4.98 Å². The smallest absolute Gasteiger partial charge is 0.268 e. The topological polar surface area (TPSA) is 56.0 Å². The maximum absolute atomic E-state index is 11.0. The summed E-state index contributed by atoms with van der Waals surface area (Å²) in [5.41, 5.74) is 7.87. The first-order valence-electron chi connectivity index (χ1n) is 5.91. The van der Waals surface area contributed by atoms with Crippen molar-refractivity contribution in [1.29, 1.82) is 0 Å². The molecule has 94 valence electrons. The van der Waals surface area contributed by atoms with Crippen molar-refractivity contribution < 1.29 is 4.79 Å². The van der Waals surface area contributed by atoms with Crippen LogP contribution >= 0.6 is 11.3 Å². The number of amides is 1. The van der Waals surface area contributed by atoms with Crippen LogP contribution in [-0.4, -0.2) is 10.9 Å². The number of aromatic nitrogens is 1. The third-order valence-electron chi connectivity index (χ3n) is 2.60. The normalized spacial score (nSPS) is 10.8. The number of hydrogen-bond acceptors (Lipinski definition) is 3. The quantitative estimate of drug-likeness (QED) is 0.918. The highest BCUT2D eigenvalue weighted by atomic mass is 32.1. The fourth-order valence-electron chi connectivity index (χ4n) is 1.77. The van der Waals surface area contributed by atoms with Crippen LogP contribution < -0.4 is 5.73 Å². The summed E-state index contributed by atoms with van der Waals surface area (Å²) in [4.78, 5) is 15.2. The number of thiazole rings is 1. The SMILES string of the molecule is CC(C)Cc1ccc(-c2nc(C(N)=O)cs2)cc1. The second kappa shape index (κ2) is 5.31. The molecule has 3 nitrogen and oxygen atoms in total. The van der Waals surface area contributed by atoms with E-state index in [0.29, 0.717) is 11.6 Å². The summed E-state index contributed by atoms with van der Waals surface area (Å²) >= 11 is 1.44. The lowest BCUT2D eigenvalue weighted by atomic mass is 10.0. The van der Waals surface area contributed by atoms with Gasteiger partial charge in [-0.2, -0.15) is 0 Å². The van der Waals surface area contributed by atoms with Crippen LogP contribution in [0.4, 0.5) is 0 Å². The van der Waals surface area contributed by atoms with Crippen molar-refractivity contribution in [2.45, 2.75) is 20.3 Å². The molecule has 0 fully saturated rings. The number of carbonyl (C=O) groups is 1. The highest BCUT2D eigenvalue weighted by Gasteiger charge is 2.08. The number of nitrogens with zero attached hydrogens (tertiary/aromatic N) is 1. The van der Waals surface area contributed by atoms with E-state index in [1.165, 1.54) is 16.9 Å². The number of rotatable bonds is 4. The van der Waals surface area contributed by atoms with Gasteiger partial charge in [0.25, 0.3) is 5.91 Å². The third kappa shape index (κ3) is 2.96. The lowest BCUT2D eigenvalue weighted by molar-refractivity contribution is 0.0996. The van der Waals surface area contributed by atoms with Crippen LogP contribution in [0, 0.1) is 5.92 Å². The zero-order valence-electron chi connectivity index (χ0n) is 10.5. The highest BCUT2D eigenvalue weighted by molar-refractivity contribution is 7.13. The van der Waals surface area contributed by atoms with Crippen LogP contribution in [0.2, 0.25) is 0 Å². The Kier molecular flexibility index (Phi) is 3.77. The number of carbonyl (C=O) groups excluding carboxylic acids is 1. The molecule has 1 aromatic carbocycles. The molecule has 0 aliphatic carbocycles. The molecule has 2 rings (SSSR count). The third-order valence-corrected chi connectivity index (χ3v) is 3.49. The van der Waals surface area contributed by atoms with Gasteiger partial charge in [-0.05, 0) is 17.9 Å². The van der Waals surface area contributed by atoms with Crippen LogP contribution in [0.3, 0.4) is 0 Å². The predicted octanol–water partition coefficient (Wildman–Crippen LogP) is 3.11. The van der Waals surface area contributed by atoms with Crippen LogP contribution in [0.25, 0.3) is 10.6 Å². The molecule has 0 bridgehead atoms. The molecule has 2 N–H and O–H groups in total. The average Bonchev–Trinajstić information content (AvgIpc) is 2.78. The second-order valence-electron chi connectivity index (χ2n) is 4.70. The van der Waals surface area contributed by atoms with E-state index in [1.54, 1.807) is 5.38 Å². The fourth-order valence-corrected chi connectivity index (χ4v) is 2.59. The molecule has 1 aromatic heterocycles. The molecule has 0 atom stereocenters.